The van der Waals surface area contributed by atoms with Gasteiger partial charge in [-0.2, -0.15) is 26.3 Å². The minimum absolute atomic E-state index is 0.125. The summed E-state index contributed by atoms with van der Waals surface area (Å²) in [6, 6.07) is -1.54. The second-order valence-corrected chi connectivity index (χ2v) is 6.42. The van der Waals surface area contributed by atoms with Crippen LogP contribution in [0.4, 0.5) is 26.3 Å². The average molecular weight is 515 g/mol. The van der Waals surface area contributed by atoms with Crippen LogP contribution < -0.4 is 11.1 Å². The monoisotopic (exact) mass is 515 g/mol. The number of hydrogen-bond donors (Lipinski definition) is 6. The van der Waals surface area contributed by atoms with Crippen molar-refractivity contribution < 1.29 is 70.7 Å². The largest absolute Gasteiger partial charge is 0.490 e. The zero-order valence-corrected chi connectivity index (χ0v) is 17.2. The van der Waals surface area contributed by atoms with E-state index in [0.717, 1.165) is 13.0 Å². The van der Waals surface area contributed by atoms with Crippen LogP contribution in [-0.2, 0) is 24.0 Å². The molecule has 1 amide bonds. The summed E-state index contributed by atoms with van der Waals surface area (Å²) in [5, 5.41) is 34.2. The third-order valence-corrected chi connectivity index (χ3v) is 3.83. The summed E-state index contributed by atoms with van der Waals surface area (Å²) in [4.78, 5) is 53.3. The molecule has 1 heterocycles. The van der Waals surface area contributed by atoms with Gasteiger partial charge in [-0.3, -0.25) is 14.5 Å². The van der Waals surface area contributed by atoms with Crippen molar-refractivity contribution in [2.75, 3.05) is 19.6 Å². The van der Waals surface area contributed by atoms with Crippen LogP contribution in [-0.4, -0.2) is 99.2 Å². The van der Waals surface area contributed by atoms with Crippen LogP contribution >= 0.6 is 0 Å². The van der Waals surface area contributed by atoms with Crippen LogP contribution in [0.2, 0.25) is 0 Å². The van der Waals surface area contributed by atoms with Gasteiger partial charge in [0.15, 0.2) is 0 Å². The molecule has 0 aliphatic carbocycles. The van der Waals surface area contributed by atoms with Gasteiger partial charge in [0.05, 0.1) is 6.04 Å². The minimum Gasteiger partial charge on any atom is -0.481 e. The number of nitrogens with zero attached hydrogens (tertiary/aromatic N) is 1. The van der Waals surface area contributed by atoms with Crippen molar-refractivity contribution in [2.45, 2.75) is 50.1 Å². The first-order valence-corrected chi connectivity index (χ1v) is 9.13. The zero-order valence-electron chi connectivity index (χ0n) is 17.2. The van der Waals surface area contributed by atoms with E-state index < -0.39 is 42.3 Å². The standard InChI is InChI=1S/C12H21N3O5.2C2HF3O2/c13-5-7-15-6-1-2-9(15)11(18)14-8(12(19)20)3-4-10(16)17;2*3-2(4,5)1(6)7/h8-9H,1-7,13H2,(H,14,18)(H,16,17)(H,19,20);2*(H,6,7)/t8-,9-;;/m0../s1. The lowest BCUT2D eigenvalue weighted by Gasteiger charge is -2.24. The van der Waals surface area contributed by atoms with Gasteiger partial charge in [0, 0.05) is 19.5 Å². The number of aliphatic carboxylic acids is 4. The van der Waals surface area contributed by atoms with Crippen molar-refractivity contribution in [1.82, 2.24) is 10.2 Å². The molecular formula is C16H23F6N3O9. The molecule has 0 spiro atoms. The van der Waals surface area contributed by atoms with Crippen molar-refractivity contribution in [3.63, 3.8) is 0 Å². The molecule has 0 aromatic heterocycles. The Labute approximate surface area is 187 Å². The highest BCUT2D eigenvalue weighted by atomic mass is 19.4. The SMILES string of the molecule is NCCN1CCC[C@H]1C(=O)N[C@@H](CCC(=O)O)C(=O)O.O=C(O)C(F)(F)F.O=C(O)C(F)(F)F. The molecule has 1 aliphatic rings. The van der Waals surface area contributed by atoms with E-state index in [1.165, 1.54) is 0 Å². The normalized spacial score (nSPS) is 16.7. The molecule has 0 radical (unpaired) electrons. The number of amides is 1. The smallest absolute Gasteiger partial charge is 0.481 e. The van der Waals surface area contributed by atoms with E-state index in [1.807, 2.05) is 4.90 Å². The van der Waals surface area contributed by atoms with Crippen LogP contribution in [0, 0.1) is 0 Å². The number of carboxylic acids is 4. The summed E-state index contributed by atoms with van der Waals surface area (Å²) < 4.78 is 63.5. The van der Waals surface area contributed by atoms with E-state index in [0.29, 0.717) is 19.5 Å². The van der Waals surface area contributed by atoms with Gasteiger partial charge in [-0.25, -0.2) is 14.4 Å². The van der Waals surface area contributed by atoms with E-state index in [4.69, 9.17) is 35.7 Å². The first-order chi connectivity index (χ1) is 15.3. The van der Waals surface area contributed by atoms with E-state index in [1.54, 1.807) is 0 Å². The Morgan fingerprint density at radius 2 is 1.38 bits per heavy atom. The molecule has 0 unspecified atom stereocenters. The van der Waals surface area contributed by atoms with Crippen molar-refractivity contribution in [3.05, 3.63) is 0 Å². The van der Waals surface area contributed by atoms with Crippen molar-refractivity contribution in [1.29, 1.82) is 0 Å². The van der Waals surface area contributed by atoms with Gasteiger partial charge in [0.1, 0.15) is 6.04 Å². The third kappa shape index (κ3) is 14.8. The van der Waals surface area contributed by atoms with E-state index in [-0.39, 0.29) is 24.8 Å². The average Bonchev–Trinajstić information content (AvgIpc) is 3.12. The maximum Gasteiger partial charge on any atom is 0.490 e. The summed E-state index contributed by atoms with van der Waals surface area (Å²) in [6.07, 6.45) is -9.06. The second-order valence-electron chi connectivity index (χ2n) is 6.42. The second kappa shape index (κ2) is 14.9. The number of nitrogens with two attached hydrogens (primary N) is 1. The molecule has 0 saturated carbocycles. The fourth-order valence-electron chi connectivity index (χ4n) is 2.35. The molecule has 12 nitrogen and oxygen atoms in total. The molecule has 0 bridgehead atoms. The molecular weight excluding hydrogens is 492 g/mol. The van der Waals surface area contributed by atoms with Crippen LogP contribution in [0.3, 0.4) is 0 Å². The van der Waals surface area contributed by atoms with Crippen LogP contribution in [0.1, 0.15) is 25.7 Å². The first kappa shape index (κ1) is 33.0. The fraction of sp³-hybridized carbons (Fsp3) is 0.688. The fourth-order valence-corrected chi connectivity index (χ4v) is 2.35. The molecule has 7 N–H and O–H groups in total. The van der Waals surface area contributed by atoms with Crippen molar-refractivity contribution in [3.8, 4) is 0 Å². The van der Waals surface area contributed by atoms with Crippen LogP contribution in [0.5, 0.6) is 0 Å². The lowest BCUT2D eigenvalue weighted by Crippen LogP contribution is -2.50. The Kier molecular flexibility index (Phi) is 14.5. The maximum absolute atomic E-state index is 12.1. The highest BCUT2D eigenvalue weighted by Crippen LogP contribution is 2.17. The molecule has 18 heteroatoms. The molecule has 1 rings (SSSR count). The quantitative estimate of drug-likeness (QED) is 0.239. The summed E-state index contributed by atoms with van der Waals surface area (Å²) in [7, 11) is 0. The van der Waals surface area contributed by atoms with Crippen molar-refractivity contribution in [2.24, 2.45) is 5.73 Å². The number of carbonyl (C=O) groups excluding carboxylic acids is 1. The topological polar surface area (TPSA) is 208 Å². The van der Waals surface area contributed by atoms with Crippen molar-refractivity contribution >= 4 is 29.8 Å². The Hall–Kier alpha value is -3.15. The van der Waals surface area contributed by atoms with Crippen LogP contribution in [0.15, 0.2) is 0 Å². The van der Waals surface area contributed by atoms with Crippen LogP contribution in [0.25, 0.3) is 0 Å². The highest BCUT2D eigenvalue weighted by molar-refractivity contribution is 5.87. The third-order valence-electron chi connectivity index (χ3n) is 3.83. The Morgan fingerprint density at radius 3 is 1.71 bits per heavy atom. The van der Waals surface area contributed by atoms with E-state index in [9.17, 15) is 40.7 Å². The molecule has 0 aromatic carbocycles. The minimum atomic E-state index is -5.08. The summed E-state index contributed by atoms with van der Waals surface area (Å²) in [5.41, 5.74) is 5.47. The molecule has 1 fully saturated rings. The number of alkyl halides is 6. The van der Waals surface area contributed by atoms with Gasteiger partial charge >= 0.3 is 36.2 Å². The van der Waals surface area contributed by atoms with Gasteiger partial charge < -0.3 is 31.5 Å². The Bertz CT molecular complexity index is 691. The molecule has 0 aromatic rings. The predicted molar refractivity (Wildman–Crippen MR) is 97.5 cm³/mol. The van der Waals surface area contributed by atoms with E-state index in [2.05, 4.69) is 5.32 Å². The molecule has 34 heavy (non-hydrogen) atoms. The Morgan fingerprint density at radius 1 is 0.941 bits per heavy atom. The first-order valence-electron chi connectivity index (χ1n) is 9.13. The van der Waals surface area contributed by atoms with Gasteiger partial charge in [-0.15, -0.1) is 0 Å². The molecule has 1 aliphatic heterocycles. The summed E-state index contributed by atoms with van der Waals surface area (Å²) in [5.74, 6) is -8.19. The summed E-state index contributed by atoms with van der Waals surface area (Å²) in [6.45, 7) is 1.79. The van der Waals surface area contributed by atoms with Gasteiger partial charge in [0.25, 0.3) is 0 Å². The lowest BCUT2D eigenvalue weighted by molar-refractivity contribution is -0.193. The van der Waals surface area contributed by atoms with Gasteiger partial charge in [0.2, 0.25) is 5.91 Å². The number of likely N-dealkylation sites (tertiary alicyclic amines) is 1. The van der Waals surface area contributed by atoms with E-state index >= 15 is 0 Å². The number of halogens is 6. The van der Waals surface area contributed by atoms with Gasteiger partial charge in [-0.1, -0.05) is 0 Å². The number of carbonyl (C=O) groups is 5. The molecule has 1 saturated heterocycles. The van der Waals surface area contributed by atoms with Gasteiger partial charge in [-0.05, 0) is 25.8 Å². The number of rotatable bonds is 8. The summed E-state index contributed by atoms with van der Waals surface area (Å²) >= 11 is 0. The maximum atomic E-state index is 12.1. The number of carboxylic acid groups (broad SMARTS) is 4. The number of hydrogen-bond acceptors (Lipinski definition) is 7. The molecule has 2 atom stereocenters. The number of nitrogens with one attached hydrogen (secondary N) is 1. The zero-order chi connectivity index (χ0) is 27.3. The predicted octanol–water partition coefficient (Wildman–Crippen LogP) is 0.110. The molecule has 198 valence electrons. The lowest BCUT2D eigenvalue weighted by atomic mass is 10.1. The highest BCUT2D eigenvalue weighted by Gasteiger charge is 2.39. The Balaban J connectivity index is 0.